The van der Waals surface area contributed by atoms with E-state index in [0.29, 0.717) is 25.7 Å². The molecule has 2 unspecified atom stereocenters. The van der Waals surface area contributed by atoms with Gasteiger partial charge in [0.1, 0.15) is 0 Å². The van der Waals surface area contributed by atoms with Crippen molar-refractivity contribution in [2.75, 3.05) is 39.3 Å². The standard InChI is InChI=1S/C16H30N4O2.HI/c1-4-7-13-12-14(13)18-15(17-5-2)19-8-10-20(11-9-19)16(21)22-6-3;/h13-14H,4-12H2,1-3H3,(H,17,18);1H. The molecule has 23 heavy (non-hydrogen) atoms. The van der Waals surface area contributed by atoms with Crippen LogP contribution in [0.5, 0.6) is 0 Å². The lowest BCUT2D eigenvalue weighted by Gasteiger charge is -2.36. The Morgan fingerprint density at radius 1 is 1.17 bits per heavy atom. The molecule has 0 bridgehead atoms. The van der Waals surface area contributed by atoms with Gasteiger partial charge in [0.05, 0.1) is 6.61 Å². The molecule has 2 atom stereocenters. The van der Waals surface area contributed by atoms with Crippen molar-refractivity contribution in [3.8, 4) is 0 Å². The molecule has 6 nitrogen and oxygen atoms in total. The summed E-state index contributed by atoms with van der Waals surface area (Å²) in [5, 5.41) is 3.61. The van der Waals surface area contributed by atoms with Crippen LogP contribution in [-0.4, -0.2) is 67.2 Å². The molecular weight excluding hydrogens is 407 g/mol. The second-order valence-corrected chi connectivity index (χ2v) is 6.01. The van der Waals surface area contributed by atoms with E-state index in [4.69, 9.17) is 4.74 Å². The van der Waals surface area contributed by atoms with Gasteiger partial charge in [-0.3, -0.25) is 4.99 Å². The maximum Gasteiger partial charge on any atom is 0.409 e. The number of nitrogens with zero attached hydrogens (tertiary/aromatic N) is 3. The van der Waals surface area contributed by atoms with Crippen LogP contribution in [0.3, 0.4) is 0 Å². The molecule has 134 valence electrons. The first-order valence-electron chi connectivity index (χ1n) is 8.67. The van der Waals surface area contributed by atoms with Crippen molar-refractivity contribution in [3.63, 3.8) is 0 Å². The van der Waals surface area contributed by atoms with Crippen LogP contribution < -0.4 is 5.32 Å². The summed E-state index contributed by atoms with van der Waals surface area (Å²) in [5.74, 6) is 1.82. The van der Waals surface area contributed by atoms with Crippen LogP contribution in [0, 0.1) is 5.92 Å². The summed E-state index contributed by atoms with van der Waals surface area (Å²) in [5.41, 5.74) is 0. The molecule has 1 saturated carbocycles. The molecule has 0 spiro atoms. The minimum absolute atomic E-state index is 0. The Kier molecular flexibility index (Phi) is 9.01. The molecule has 1 aliphatic carbocycles. The summed E-state index contributed by atoms with van der Waals surface area (Å²) >= 11 is 0. The van der Waals surface area contributed by atoms with Gasteiger partial charge in [0.25, 0.3) is 0 Å². The number of hydrogen-bond acceptors (Lipinski definition) is 3. The highest BCUT2D eigenvalue weighted by atomic mass is 127. The molecule has 7 heteroatoms. The largest absolute Gasteiger partial charge is 0.450 e. The van der Waals surface area contributed by atoms with E-state index < -0.39 is 0 Å². The Balaban J connectivity index is 0.00000264. The Hall–Kier alpha value is -0.730. The van der Waals surface area contributed by atoms with E-state index in [9.17, 15) is 4.79 Å². The van der Waals surface area contributed by atoms with E-state index in [2.05, 4.69) is 29.1 Å². The number of carbonyl (C=O) groups is 1. The number of amides is 1. The smallest absolute Gasteiger partial charge is 0.409 e. The lowest BCUT2D eigenvalue weighted by Crippen LogP contribution is -2.54. The fourth-order valence-corrected chi connectivity index (χ4v) is 2.98. The third-order valence-electron chi connectivity index (χ3n) is 4.31. The maximum atomic E-state index is 11.7. The second kappa shape index (κ2) is 10.2. The Morgan fingerprint density at radius 3 is 2.39 bits per heavy atom. The first-order valence-corrected chi connectivity index (χ1v) is 8.67. The molecule has 0 aromatic rings. The van der Waals surface area contributed by atoms with Gasteiger partial charge in [-0.1, -0.05) is 13.3 Å². The molecule has 0 aromatic heterocycles. The molecule has 1 amide bonds. The molecule has 1 saturated heterocycles. The van der Waals surface area contributed by atoms with Crippen LogP contribution in [0.25, 0.3) is 0 Å². The van der Waals surface area contributed by atoms with E-state index >= 15 is 0 Å². The number of rotatable bonds is 5. The SMILES string of the molecule is CCCC1CC1NC(=NCC)N1CCN(C(=O)OCC)CC1.I. The second-order valence-electron chi connectivity index (χ2n) is 6.01. The quantitative estimate of drug-likeness (QED) is 0.407. The average molecular weight is 438 g/mol. The number of halogens is 1. The molecule has 2 rings (SSSR count). The highest BCUT2D eigenvalue weighted by Crippen LogP contribution is 2.34. The van der Waals surface area contributed by atoms with E-state index in [1.807, 2.05) is 6.92 Å². The van der Waals surface area contributed by atoms with Crippen LogP contribution in [0.15, 0.2) is 4.99 Å². The van der Waals surface area contributed by atoms with Crippen molar-refractivity contribution < 1.29 is 9.53 Å². The number of aliphatic imine (C=N–C) groups is 1. The highest BCUT2D eigenvalue weighted by molar-refractivity contribution is 14.0. The van der Waals surface area contributed by atoms with Gasteiger partial charge in [-0.2, -0.15) is 0 Å². The fraction of sp³-hybridized carbons (Fsp3) is 0.875. The fourth-order valence-electron chi connectivity index (χ4n) is 2.98. The highest BCUT2D eigenvalue weighted by Gasteiger charge is 2.37. The van der Waals surface area contributed by atoms with Crippen LogP contribution in [0.4, 0.5) is 4.79 Å². The van der Waals surface area contributed by atoms with Gasteiger partial charge < -0.3 is 19.9 Å². The number of guanidine groups is 1. The van der Waals surface area contributed by atoms with Crippen molar-refractivity contribution in [2.24, 2.45) is 10.9 Å². The average Bonchev–Trinajstić information content (AvgIpc) is 3.25. The first-order chi connectivity index (χ1) is 10.7. The van der Waals surface area contributed by atoms with Crippen molar-refractivity contribution >= 4 is 36.0 Å². The van der Waals surface area contributed by atoms with Gasteiger partial charge in [-0.25, -0.2) is 4.79 Å². The molecule has 2 fully saturated rings. The summed E-state index contributed by atoms with van der Waals surface area (Å²) in [4.78, 5) is 20.4. The van der Waals surface area contributed by atoms with E-state index in [0.717, 1.165) is 31.5 Å². The zero-order chi connectivity index (χ0) is 15.9. The van der Waals surface area contributed by atoms with Gasteiger partial charge in [0.15, 0.2) is 5.96 Å². The predicted octanol–water partition coefficient (Wildman–Crippen LogP) is 2.53. The summed E-state index contributed by atoms with van der Waals surface area (Å²) in [6.45, 7) is 10.4. The van der Waals surface area contributed by atoms with Gasteiger partial charge in [0.2, 0.25) is 0 Å². The Bertz CT molecular complexity index is 398. The van der Waals surface area contributed by atoms with Gasteiger partial charge >= 0.3 is 6.09 Å². The third kappa shape index (κ3) is 6.00. The molecular formula is C16H31IN4O2. The number of carbonyl (C=O) groups excluding carboxylic acids is 1. The summed E-state index contributed by atoms with van der Waals surface area (Å²) in [6, 6.07) is 0.591. The molecule has 1 N–H and O–H groups in total. The molecule has 0 aromatic carbocycles. The molecule has 2 aliphatic rings. The van der Waals surface area contributed by atoms with Gasteiger partial charge in [0, 0.05) is 38.8 Å². The summed E-state index contributed by atoms with van der Waals surface area (Å²) in [6.07, 6.45) is 3.61. The normalized spacial score (nSPS) is 24.0. The predicted molar refractivity (Wildman–Crippen MR) is 103 cm³/mol. The zero-order valence-corrected chi connectivity index (χ0v) is 16.9. The molecule has 0 radical (unpaired) electrons. The Labute approximate surface area is 157 Å². The lowest BCUT2D eigenvalue weighted by molar-refractivity contribution is 0.0914. The zero-order valence-electron chi connectivity index (χ0n) is 14.6. The molecule has 1 aliphatic heterocycles. The number of ether oxygens (including phenoxy) is 1. The van der Waals surface area contributed by atoms with E-state index in [-0.39, 0.29) is 30.1 Å². The van der Waals surface area contributed by atoms with Crippen LogP contribution in [-0.2, 0) is 4.74 Å². The lowest BCUT2D eigenvalue weighted by atomic mass is 10.2. The minimum Gasteiger partial charge on any atom is -0.450 e. The number of piperazine rings is 1. The topological polar surface area (TPSA) is 57.2 Å². The van der Waals surface area contributed by atoms with Crippen LogP contribution in [0.1, 0.15) is 40.0 Å². The number of hydrogen-bond donors (Lipinski definition) is 1. The Morgan fingerprint density at radius 2 is 1.83 bits per heavy atom. The van der Waals surface area contributed by atoms with Crippen LogP contribution in [0.2, 0.25) is 0 Å². The van der Waals surface area contributed by atoms with Crippen molar-refractivity contribution in [1.29, 1.82) is 0 Å². The monoisotopic (exact) mass is 438 g/mol. The van der Waals surface area contributed by atoms with Crippen molar-refractivity contribution in [3.05, 3.63) is 0 Å². The van der Waals surface area contributed by atoms with E-state index in [1.54, 1.807) is 4.90 Å². The minimum atomic E-state index is -0.200. The van der Waals surface area contributed by atoms with Crippen LogP contribution >= 0.6 is 24.0 Å². The van der Waals surface area contributed by atoms with E-state index in [1.165, 1.54) is 19.3 Å². The summed E-state index contributed by atoms with van der Waals surface area (Å²) < 4.78 is 5.06. The first kappa shape index (κ1) is 20.3. The maximum absolute atomic E-state index is 11.7. The third-order valence-corrected chi connectivity index (χ3v) is 4.31. The number of nitrogens with one attached hydrogen (secondary N) is 1. The van der Waals surface area contributed by atoms with Crippen molar-refractivity contribution in [1.82, 2.24) is 15.1 Å². The summed E-state index contributed by atoms with van der Waals surface area (Å²) in [7, 11) is 0. The van der Waals surface area contributed by atoms with Gasteiger partial charge in [-0.05, 0) is 32.6 Å². The van der Waals surface area contributed by atoms with Crippen molar-refractivity contribution in [2.45, 2.75) is 46.1 Å². The van der Waals surface area contributed by atoms with Gasteiger partial charge in [-0.15, -0.1) is 24.0 Å². The molecule has 1 heterocycles.